The lowest BCUT2D eigenvalue weighted by Gasteiger charge is -2.48. The van der Waals surface area contributed by atoms with Crippen molar-refractivity contribution in [3.63, 3.8) is 0 Å². The topological polar surface area (TPSA) is 66.4 Å². The molecule has 0 aliphatic carbocycles. The lowest BCUT2D eigenvalue weighted by molar-refractivity contribution is 0.116. The summed E-state index contributed by atoms with van der Waals surface area (Å²) in [6.07, 6.45) is 5.87. The quantitative estimate of drug-likeness (QED) is 0.557. The Hall–Kier alpha value is -2.62. The summed E-state index contributed by atoms with van der Waals surface area (Å²) in [4.78, 5) is 10.2. The van der Waals surface area contributed by atoms with Crippen LogP contribution in [0.15, 0.2) is 61.2 Å². The van der Waals surface area contributed by atoms with Crippen LogP contribution < -0.4 is 4.31 Å². The predicted octanol–water partition coefficient (Wildman–Crippen LogP) is 3.65. The fraction of sp³-hybridized carbons (Fsp3) is 0.238. The molecule has 1 atom stereocenters. The SMILES string of the molecule is CS(=O)(=O)N(c1cc(F)cc(F)c1)C1CN([C@H](c2ccc(Cl)cc2)c2cncnc2)C1. The van der Waals surface area contributed by atoms with Gasteiger partial charge in [-0.1, -0.05) is 23.7 Å². The monoisotopic (exact) mass is 464 g/mol. The van der Waals surface area contributed by atoms with Crippen LogP contribution in [0.5, 0.6) is 0 Å². The third-order valence-electron chi connectivity index (χ3n) is 5.13. The van der Waals surface area contributed by atoms with E-state index in [0.29, 0.717) is 24.2 Å². The molecule has 3 aromatic rings. The van der Waals surface area contributed by atoms with Gasteiger partial charge in [-0.15, -0.1) is 0 Å². The summed E-state index contributed by atoms with van der Waals surface area (Å²) in [7, 11) is -3.76. The largest absolute Gasteiger partial charge is 0.288 e. The first-order valence-electron chi connectivity index (χ1n) is 9.42. The first-order valence-corrected chi connectivity index (χ1v) is 11.6. The standard InChI is InChI=1S/C21H19ClF2N4O2S/c1-31(29,30)28(19-7-17(23)6-18(24)8-19)20-11-27(12-20)21(15-9-25-13-26-10-15)14-2-4-16(22)5-3-14/h2-10,13,20-21H,11-12H2,1H3/t21-/m1/s1. The second-order valence-corrected chi connectivity index (χ2v) is 9.72. The number of hydrogen-bond donors (Lipinski definition) is 0. The molecule has 10 heteroatoms. The molecule has 0 spiro atoms. The highest BCUT2D eigenvalue weighted by molar-refractivity contribution is 7.92. The smallest absolute Gasteiger partial charge is 0.232 e. The van der Waals surface area contributed by atoms with Gasteiger partial charge in [-0.25, -0.2) is 27.2 Å². The Bertz CT molecular complexity index is 1150. The van der Waals surface area contributed by atoms with Crippen molar-refractivity contribution in [2.45, 2.75) is 12.1 Å². The molecular weight excluding hydrogens is 446 g/mol. The summed E-state index contributed by atoms with van der Waals surface area (Å²) in [5, 5.41) is 0.602. The number of rotatable bonds is 6. The van der Waals surface area contributed by atoms with E-state index in [2.05, 4.69) is 14.9 Å². The first kappa shape index (κ1) is 21.6. The second kappa shape index (κ2) is 8.49. The highest BCUT2D eigenvalue weighted by Gasteiger charge is 2.41. The van der Waals surface area contributed by atoms with Crippen molar-refractivity contribution in [2.24, 2.45) is 0 Å². The van der Waals surface area contributed by atoms with E-state index in [0.717, 1.165) is 33.8 Å². The van der Waals surface area contributed by atoms with Crippen LogP contribution in [0.1, 0.15) is 17.2 Å². The average molecular weight is 465 g/mol. The Morgan fingerprint density at radius 2 is 1.61 bits per heavy atom. The lowest BCUT2D eigenvalue weighted by atomic mass is 9.94. The first-order chi connectivity index (χ1) is 14.7. The van der Waals surface area contributed by atoms with Crippen LogP contribution in [-0.4, -0.2) is 48.7 Å². The van der Waals surface area contributed by atoms with E-state index in [-0.39, 0.29) is 11.7 Å². The minimum absolute atomic E-state index is 0.0317. The fourth-order valence-corrected chi connectivity index (χ4v) is 5.19. The summed E-state index contributed by atoms with van der Waals surface area (Å²) in [5.74, 6) is -1.67. The van der Waals surface area contributed by atoms with Crippen LogP contribution in [0.25, 0.3) is 0 Å². The van der Waals surface area contributed by atoms with Gasteiger partial charge < -0.3 is 0 Å². The molecule has 0 saturated carbocycles. The van der Waals surface area contributed by atoms with Crippen LogP contribution in [0.4, 0.5) is 14.5 Å². The second-order valence-electron chi connectivity index (χ2n) is 7.42. The minimum atomic E-state index is -3.76. The zero-order valence-corrected chi connectivity index (χ0v) is 18.1. The van der Waals surface area contributed by atoms with Crippen LogP contribution in [0, 0.1) is 11.6 Å². The molecule has 0 N–H and O–H groups in total. The number of likely N-dealkylation sites (tertiary alicyclic amines) is 1. The molecule has 1 saturated heterocycles. The van der Waals surface area contributed by atoms with Gasteiger partial charge in [0.05, 0.1) is 24.0 Å². The van der Waals surface area contributed by atoms with E-state index in [1.807, 2.05) is 12.1 Å². The molecule has 1 aliphatic heterocycles. The Kier molecular flexibility index (Phi) is 5.92. The maximum atomic E-state index is 13.7. The van der Waals surface area contributed by atoms with E-state index in [1.54, 1.807) is 24.5 Å². The van der Waals surface area contributed by atoms with E-state index in [1.165, 1.54) is 6.33 Å². The molecule has 0 radical (unpaired) electrons. The van der Waals surface area contributed by atoms with E-state index in [9.17, 15) is 17.2 Å². The molecule has 0 bridgehead atoms. The Morgan fingerprint density at radius 3 is 2.16 bits per heavy atom. The van der Waals surface area contributed by atoms with Crippen molar-refractivity contribution in [2.75, 3.05) is 23.7 Å². The van der Waals surface area contributed by atoms with Gasteiger partial charge in [0.1, 0.15) is 18.0 Å². The van der Waals surface area contributed by atoms with Crippen LogP contribution in [0.2, 0.25) is 5.02 Å². The van der Waals surface area contributed by atoms with Gasteiger partial charge in [0.25, 0.3) is 0 Å². The number of sulfonamides is 1. The Morgan fingerprint density at radius 1 is 1.03 bits per heavy atom. The summed E-state index contributed by atoms with van der Waals surface area (Å²) < 4.78 is 53.5. The molecule has 1 aromatic heterocycles. The summed E-state index contributed by atoms with van der Waals surface area (Å²) in [6, 6.07) is 9.40. The maximum Gasteiger partial charge on any atom is 0.232 e. The number of aromatic nitrogens is 2. The van der Waals surface area contributed by atoms with Gasteiger partial charge >= 0.3 is 0 Å². The van der Waals surface area contributed by atoms with Crippen molar-refractivity contribution >= 4 is 27.3 Å². The Labute approximate surface area is 184 Å². The third kappa shape index (κ3) is 4.68. The molecule has 1 aliphatic rings. The van der Waals surface area contributed by atoms with Crippen LogP contribution >= 0.6 is 11.6 Å². The van der Waals surface area contributed by atoms with Crippen molar-refractivity contribution in [3.05, 3.63) is 89.0 Å². The molecule has 0 unspecified atom stereocenters. The Balaban J connectivity index is 1.64. The molecule has 1 fully saturated rings. The number of halogens is 3. The average Bonchev–Trinajstić information content (AvgIpc) is 2.66. The van der Waals surface area contributed by atoms with Crippen molar-refractivity contribution < 1.29 is 17.2 Å². The molecule has 6 nitrogen and oxygen atoms in total. The van der Waals surface area contributed by atoms with Crippen molar-refractivity contribution in [3.8, 4) is 0 Å². The number of anilines is 1. The van der Waals surface area contributed by atoms with E-state index in [4.69, 9.17) is 11.6 Å². The van der Waals surface area contributed by atoms with Crippen molar-refractivity contribution in [1.82, 2.24) is 14.9 Å². The summed E-state index contributed by atoms with van der Waals surface area (Å²) >= 11 is 6.03. The molecule has 2 heterocycles. The van der Waals surface area contributed by atoms with Crippen LogP contribution in [0.3, 0.4) is 0 Å². The fourth-order valence-electron chi connectivity index (χ4n) is 3.90. The van der Waals surface area contributed by atoms with Crippen molar-refractivity contribution in [1.29, 1.82) is 0 Å². The molecule has 2 aromatic carbocycles. The molecule has 4 rings (SSSR count). The van der Waals surface area contributed by atoms with Gasteiger partial charge in [0.2, 0.25) is 10.0 Å². The highest BCUT2D eigenvalue weighted by Crippen LogP contribution is 2.36. The van der Waals surface area contributed by atoms with Gasteiger partial charge in [-0.05, 0) is 29.8 Å². The zero-order chi connectivity index (χ0) is 22.2. The normalized spacial score (nSPS) is 16.0. The maximum absolute atomic E-state index is 13.7. The molecule has 31 heavy (non-hydrogen) atoms. The number of nitrogens with zero attached hydrogens (tertiary/aromatic N) is 4. The zero-order valence-electron chi connectivity index (χ0n) is 16.5. The molecule has 162 valence electrons. The van der Waals surface area contributed by atoms with Gasteiger partial charge in [0.15, 0.2) is 0 Å². The van der Waals surface area contributed by atoms with Gasteiger partial charge in [0, 0.05) is 42.1 Å². The minimum Gasteiger partial charge on any atom is -0.288 e. The number of benzene rings is 2. The van der Waals surface area contributed by atoms with Gasteiger partial charge in [-0.2, -0.15) is 0 Å². The highest BCUT2D eigenvalue weighted by atomic mass is 35.5. The summed E-state index contributed by atoms with van der Waals surface area (Å²) in [5.41, 5.74) is 1.75. The number of hydrogen-bond acceptors (Lipinski definition) is 5. The third-order valence-corrected chi connectivity index (χ3v) is 6.60. The predicted molar refractivity (Wildman–Crippen MR) is 114 cm³/mol. The lowest BCUT2D eigenvalue weighted by Crippen LogP contribution is -2.61. The van der Waals surface area contributed by atoms with E-state index < -0.39 is 27.7 Å². The molecular formula is C21H19ClF2N4O2S. The van der Waals surface area contributed by atoms with E-state index >= 15 is 0 Å². The van der Waals surface area contributed by atoms with Crippen LogP contribution in [-0.2, 0) is 10.0 Å². The molecule has 0 amide bonds. The van der Waals surface area contributed by atoms with Gasteiger partial charge in [-0.3, -0.25) is 9.21 Å². The summed E-state index contributed by atoms with van der Waals surface area (Å²) in [6.45, 7) is 0.709.